The van der Waals surface area contributed by atoms with Crippen LogP contribution in [0, 0.1) is 17.2 Å². The molecule has 1 aromatic rings. The van der Waals surface area contributed by atoms with E-state index in [1.807, 2.05) is 32.0 Å². The zero-order valence-corrected chi connectivity index (χ0v) is 12.6. The second kappa shape index (κ2) is 6.68. The number of nitrogens with zero attached hydrogens (tertiary/aromatic N) is 1. The van der Waals surface area contributed by atoms with Gasteiger partial charge < -0.3 is 19.9 Å². The van der Waals surface area contributed by atoms with Gasteiger partial charge in [-0.2, -0.15) is 5.26 Å². The van der Waals surface area contributed by atoms with Gasteiger partial charge in [0.05, 0.1) is 30.8 Å². The van der Waals surface area contributed by atoms with Gasteiger partial charge in [0.2, 0.25) is 0 Å². The van der Waals surface area contributed by atoms with E-state index in [0.717, 1.165) is 11.4 Å². The Hall–Kier alpha value is -1.93. The summed E-state index contributed by atoms with van der Waals surface area (Å²) in [6.07, 6.45) is 1.07. The zero-order valence-electron chi connectivity index (χ0n) is 12.6. The number of aliphatic hydroxyl groups is 1. The summed E-state index contributed by atoms with van der Waals surface area (Å²) in [7, 11) is 0. The summed E-state index contributed by atoms with van der Waals surface area (Å²) in [6.45, 7) is 5.44. The highest BCUT2D eigenvalue weighted by Crippen LogP contribution is 2.38. The van der Waals surface area contributed by atoms with E-state index in [2.05, 4.69) is 11.4 Å². The van der Waals surface area contributed by atoms with Crippen LogP contribution in [-0.4, -0.2) is 30.5 Å². The summed E-state index contributed by atoms with van der Waals surface area (Å²) < 4.78 is 11.1. The molecular formula is C16H22N2O3. The molecule has 0 spiro atoms. The highest BCUT2D eigenvalue weighted by molar-refractivity contribution is 5.55. The molecular weight excluding hydrogens is 268 g/mol. The molecule has 5 nitrogen and oxygen atoms in total. The fraction of sp³-hybridized carbons (Fsp3) is 0.562. The van der Waals surface area contributed by atoms with Gasteiger partial charge in [0.1, 0.15) is 0 Å². The van der Waals surface area contributed by atoms with Crippen molar-refractivity contribution in [1.82, 2.24) is 0 Å². The average molecular weight is 290 g/mol. The number of anilines is 1. The van der Waals surface area contributed by atoms with Crippen LogP contribution >= 0.6 is 0 Å². The van der Waals surface area contributed by atoms with Gasteiger partial charge in [0.25, 0.3) is 0 Å². The minimum Gasteiger partial charge on any atom is -0.490 e. The first kappa shape index (κ1) is 15.5. The summed E-state index contributed by atoms with van der Waals surface area (Å²) in [4.78, 5) is 0. The van der Waals surface area contributed by atoms with Gasteiger partial charge in [-0.1, -0.05) is 0 Å². The van der Waals surface area contributed by atoms with Crippen LogP contribution in [0.4, 0.5) is 5.69 Å². The van der Waals surface area contributed by atoms with Crippen LogP contribution in [0.15, 0.2) is 18.2 Å². The molecule has 2 rings (SSSR count). The second-order valence-corrected chi connectivity index (χ2v) is 5.34. The molecule has 0 radical (unpaired) electrons. The highest BCUT2D eigenvalue weighted by atomic mass is 16.5. The summed E-state index contributed by atoms with van der Waals surface area (Å²) in [5.74, 6) is 1.40. The van der Waals surface area contributed by atoms with E-state index in [9.17, 15) is 5.11 Å². The van der Waals surface area contributed by atoms with Gasteiger partial charge in [-0.15, -0.1) is 0 Å². The average Bonchev–Trinajstić information content (AvgIpc) is 2.45. The van der Waals surface area contributed by atoms with Crippen molar-refractivity contribution in [3.63, 3.8) is 0 Å². The number of rotatable bonds is 7. The molecule has 1 saturated carbocycles. The van der Waals surface area contributed by atoms with Crippen LogP contribution in [-0.2, 0) is 0 Å². The highest BCUT2D eigenvalue weighted by Gasteiger charge is 2.42. The van der Waals surface area contributed by atoms with Crippen LogP contribution in [0.25, 0.3) is 0 Å². The monoisotopic (exact) mass is 290 g/mol. The van der Waals surface area contributed by atoms with Gasteiger partial charge in [-0.05, 0) is 38.8 Å². The van der Waals surface area contributed by atoms with Gasteiger partial charge >= 0.3 is 0 Å². The molecule has 0 unspecified atom stereocenters. The molecule has 0 atom stereocenters. The van der Waals surface area contributed by atoms with Crippen LogP contribution in [0.1, 0.15) is 26.7 Å². The second-order valence-electron chi connectivity index (χ2n) is 5.34. The molecule has 0 amide bonds. The minimum absolute atomic E-state index is 0.0175. The van der Waals surface area contributed by atoms with E-state index >= 15 is 0 Å². The largest absolute Gasteiger partial charge is 0.490 e. The van der Waals surface area contributed by atoms with Gasteiger partial charge in [-0.25, -0.2) is 0 Å². The van der Waals surface area contributed by atoms with Gasteiger partial charge in [-0.3, -0.25) is 0 Å². The molecule has 2 N–H and O–H groups in total. The Labute approximate surface area is 125 Å². The fourth-order valence-electron chi connectivity index (χ4n) is 2.52. The number of ether oxygens (including phenoxy) is 2. The Kier molecular flexibility index (Phi) is 4.92. The predicted molar refractivity (Wildman–Crippen MR) is 80.6 cm³/mol. The Morgan fingerprint density at radius 1 is 1.29 bits per heavy atom. The van der Waals surface area contributed by atoms with Crippen LogP contribution in [0.5, 0.6) is 11.5 Å². The van der Waals surface area contributed by atoms with Crippen molar-refractivity contribution >= 4 is 5.69 Å². The number of nitriles is 1. The molecule has 1 aliphatic rings. The zero-order chi connectivity index (χ0) is 15.3. The maximum absolute atomic E-state index is 10.2. The molecule has 1 aromatic carbocycles. The topological polar surface area (TPSA) is 74.5 Å². The van der Waals surface area contributed by atoms with Crippen molar-refractivity contribution in [2.24, 2.45) is 5.92 Å². The lowest BCUT2D eigenvalue weighted by Crippen LogP contribution is -2.48. The molecule has 0 saturated heterocycles. The number of hydrogen-bond donors (Lipinski definition) is 2. The van der Waals surface area contributed by atoms with Gasteiger partial charge in [0, 0.05) is 18.3 Å². The smallest absolute Gasteiger partial charge is 0.163 e. The number of benzene rings is 1. The molecule has 5 heteroatoms. The van der Waals surface area contributed by atoms with Crippen molar-refractivity contribution in [2.75, 3.05) is 25.1 Å². The molecule has 0 aliphatic heterocycles. The van der Waals surface area contributed by atoms with E-state index in [0.29, 0.717) is 38.3 Å². The first-order valence-electron chi connectivity index (χ1n) is 7.35. The van der Waals surface area contributed by atoms with E-state index in [4.69, 9.17) is 14.7 Å². The molecule has 0 bridgehead atoms. The predicted octanol–water partition coefficient (Wildman–Crippen LogP) is 2.56. The van der Waals surface area contributed by atoms with Crippen molar-refractivity contribution in [2.45, 2.75) is 32.3 Å². The molecule has 21 heavy (non-hydrogen) atoms. The molecule has 1 fully saturated rings. The van der Waals surface area contributed by atoms with E-state index < -0.39 is 5.60 Å². The third-order valence-corrected chi connectivity index (χ3v) is 3.60. The lowest BCUT2D eigenvalue weighted by Gasteiger charge is -2.40. The molecule has 114 valence electrons. The summed E-state index contributed by atoms with van der Waals surface area (Å²) in [6, 6.07) is 7.81. The van der Waals surface area contributed by atoms with E-state index in [1.165, 1.54) is 0 Å². The van der Waals surface area contributed by atoms with Crippen molar-refractivity contribution < 1.29 is 14.6 Å². The lowest BCUT2D eigenvalue weighted by molar-refractivity contribution is -0.0442. The third-order valence-electron chi connectivity index (χ3n) is 3.60. The normalized spacial score (nSPS) is 23.8. The lowest BCUT2D eigenvalue weighted by atomic mass is 9.71. The van der Waals surface area contributed by atoms with Crippen molar-refractivity contribution in [3.05, 3.63) is 18.2 Å². The molecule has 1 aliphatic carbocycles. The first-order chi connectivity index (χ1) is 10.1. The minimum atomic E-state index is -0.773. The van der Waals surface area contributed by atoms with Gasteiger partial charge in [0.15, 0.2) is 11.5 Å². The molecule has 0 heterocycles. The van der Waals surface area contributed by atoms with E-state index in [1.54, 1.807) is 0 Å². The maximum Gasteiger partial charge on any atom is 0.163 e. The Balaban J connectivity index is 1.97. The summed E-state index contributed by atoms with van der Waals surface area (Å²) in [5, 5.41) is 22.2. The van der Waals surface area contributed by atoms with Crippen LogP contribution < -0.4 is 14.8 Å². The quantitative estimate of drug-likeness (QED) is 0.807. The maximum atomic E-state index is 10.2. The number of nitrogens with one attached hydrogen (secondary N) is 1. The SMILES string of the molecule is CCOc1ccc(NCC2(O)CC(C#N)C2)cc1OCC. The van der Waals surface area contributed by atoms with Crippen LogP contribution in [0.3, 0.4) is 0 Å². The van der Waals surface area contributed by atoms with Crippen LogP contribution in [0.2, 0.25) is 0 Å². The Morgan fingerprint density at radius 2 is 1.95 bits per heavy atom. The number of hydrogen-bond acceptors (Lipinski definition) is 5. The Bertz CT molecular complexity index is 519. The molecule has 0 aromatic heterocycles. The van der Waals surface area contributed by atoms with E-state index in [-0.39, 0.29) is 5.92 Å². The first-order valence-corrected chi connectivity index (χ1v) is 7.35. The fourth-order valence-corrected chi connectivity index (χ4v) is 2.52. The summed E-state index contributed by atoms with van der Waals surface area (Å²) in [5.41, 5.74) is 0.0980. The third kappa shape index (κ3) is 3.79. The van der Waals surface area contributed by atoms with Crippen molar-refractivity contribution in [3.8, 4) is 17.6 Å². The van der Waals surface area contributed by atoms with Crippen molar-refractivity contribution in [1.29, 1.82) is 5.26 Å². The Morgan fingerprint density at radius 3 is 2.57 bits per heavy atom. The summed E-state index contributed by atoms with van der Waals surface area (Å²) >= 11 is 0. The standard InChI is InChI=1S/C16H22N2O3/c1-3-20-14-6-5-13(7-15(14)21-4-2)18-11-16(19)8-12(9-16)10-17/h5-7,12,18-19H,3-4,8-9,11H2,1-2H3.